The molecule has 0 aromatic heterocycles. The van der Waals surface area contributed by atoms with Gasteiger partial charge in [0.25, 0.3) is 5.91 Å². The van der Waals surface area contributed by atoms with Crippen LogP contribution in [0.5, 0.6) is 0 Å². The second kappa shape index (κ2) is 7.92. The lowest BCUT2D eigenvalue weighted by Crippen LogP contribution is -2.24. The van der Waals surface area contributed by atoms with E-state index in [0.29, 0.717) is 17.5 Å². The standard InChI is InChI=1S/C16H23N3O3S/c1-4-6-7-8-12-9-11(5-2)13(15(20)19-16(17)18)10-14(12)23(3,21)22/h7-10H,4-6H2,1-3H3,(H4,17,18,19,20)/b8-7+. The largest absolute Gasteiger partial charge is 0.370 e. The molecule has 1 amide bonds. The highest BCUT2D eigenvalue weighted by Crippen LogP contribution is 2.24. The number of hydrogen-bond acceptors (Lipinski definition) is 3. The Morgan fingerprint density at radius 1 is 1.26 bits per heavy atom. The van der Waals surface area contributed by atoms with Crippen LogP contribution >= 0.6 is 0 Å². The van der Waals surface area contributed by atoms with E-state index in [9.17, 15) is 13.2 Å². The van der Waals surface area contributed by atoms with Crippen molar-refractivity contribution in [3.8, 4) is 0 Å². The van der Waals surface area contributed by atoms with Crippen LogP contribution in [0.3, 0.4) is 0 Å². The van der Waals surface area contributed by atoms with Gasteiger partial charge in [0.15, 0.2) is 15.8 Å². The van der Waals surface area contributed by atoms with E-state index in [0.717, 1.165) is 19.1 Å². The van der Waals surface area contributed by atoms with Gasteiger partial charge in [-0.15, -0.1) is 0 Å². The molecule has 1 aromatic carbocycles. The molecule has 7 heteroatoms. The predicted molar refractivity (Wildman–Crippen MR) is 93.0 cm³/mol. The molecule has 1 rings (SSSR count). The highest BCUT2D eigenvalue weighted by Gasteiger charge is 2.19. The van der Waals surface area contributed by atoms with Gasteiger partial charge in [0.1, 0.15) is 0 Å². The lowest BCUT2D eigenvalue weighted by atomic mass is 10.0. The molecule has 0 fully saturated rings. The summed E-state index contributed by atoms with van der Waals surface area (Å²) < 4.78 is 24.1. The van der Waals surface area contributed by atoms with Gasteiger partial charge in [-0.1, -0.05) is 32.4 Å². The quantitative estimate of drug-likeness (QED) is 0.607. The van der Waals surface area contributed by atoms with E-state index in [-0.39, 0.29) is 16.4 Å². The number of unbranched alkanes of at least 4 members (excludes halogenated alkanes) is 1. The molecular formula is C16H23N3O3S. The minimum atomic E-state index is -3.49. The van der Waals surface area contributed by atoms with Crippen LogP contribution in [-0.2, 0) is 16.3 Å². The molecule has 0 aliphatic heterocycles. The molecule has 0 radical (unpaired) electrons. The lowest BCUT2D eigenvalue weighted by Gasteiger charge is -2.11. The number of allylic oxidation sites excluding steroid dienone is 1. The van der Waals surface area contributed by atoms with Gasteiger partial charge in [0.05, 0.1) is 4.90 Å². The molecule has 6 nitrogen and oxygen atoms in total. The van der Waals surface area contributed by atoms with Gasteiger partial charge in [-0.2, -0.15) is 4.99 Å². The maximum absolute atomic E-state index is 12.1. The number of carbonyl (C=O) groups excluding carboxylic acids is 1. The van der Waals surface area contributed by atoms with E-state index in [1.165, 1.54) is 6.07 Å². The minimum absolute atomic E-state index is 0.0937. The molecule has 0 spiro atoms. The summed E-state index contributed by atoms with van der Waals surface area (Å²) >= 11 is 0. The number of aryl methyl sites for hydroxylation is 1. The number of amides is 1. The maximum atomic E-state index is 12.1. The maximum Gasteiger partial charge on any atom is 0.280 e. The summed E-state index contributed by atoms with van der Waals surface area (Å²) in [5, 5.41) is 0. The number of nitrogens with zero attached hydrogens (tertiary/aromatic N) is 1. The second-order valence-corrected chi connectivity index (χ2v) is 7.19. The van der Waals surface area contributed by atoms with Crippen LogP contribution in [0.4, 0.5) is 0 Å². The zero-order valence-electron chi connectivity index (χ0n) is 13.7. The molecule has 0 bridgehead atoms. The summed E-state index contributed by atoms with van der Waals surface area (Å²) in [5.41, 5.74) is 11.9. The van der Waals surface area contributed by atoms with Crippen LogP contribution < -0.4 is 11.5 Å². The molecule has 4 N–H and O–H groups in total. The SMILES string of the molecule is CCC/C=C/c1cc(CC)c(C(=O)N=C(N)N)cc1S(C)(=O)=O. The third kappa shape index (κ3) is 5.21. The Kier molecular flexibility index (Phi) is 6.50. The number of rotatable bonds is 6. The molecule has 126 valence electrons. The van der Waals surface area contributed by atoms with E-state index in [1.807, 2.05) is 19.9 Å². The molecular weight excluding hydrogens is 314 g/mol. The molecule has 0 aliphatic carbocycles. The fraction of sp³-hybridized carbons (Fsp3) is 0.375. The van der Waals surface area contributed by atoms with Crippen molar-refractivity contribution in [2.45, 2.75) is 38.0 Å². The van der Waals surface area contributed by atoms with E-state index in [4.69, 9.17) is 11.5 Å². The van der Waals surface area contributed by atoms with Gasteiger partial charge in [-0.05, 0) is 36.1 Å². The Balaban J connectivity index is 3.57. The zero-order chi connectivity index (χ0) is 17.6. The van der Waals surface area contributed by atoms with Crippen LogP contribution in [-0.4, -0.2) is 26.5 Å². The van der Waals surface area contributed by atoms with Crippen LogP contribution in [0.25, 0.3) is 6.08 Å². The van der Waals surface area contributed by atoms with Crippen molar-refractivity contribution in [3.63, 3.8) is 0 Å². The highest BCUT2D eigenvalue weighted by molar-refractivity contribution is 7.90. The molecule has 0 unspecified atom stereocenters. The Labute approximate surface area is 137 Å². The summed E-state index contributed by atoms with van der Waals surface area (Å²) in [7, 11) is -3.49. The van der Waals surface area contributed by atoms with Gasteiger partial charge in [0, 0.05) is 11.8 Å². The number of carbonyl (C=O) groups is 1. The number of aliphatic imine (C=N–C) groups is 1. The molecule has 0 aliphatic rings. The van der Waals surface area contributed by atoms with E-state index < -0.39 is 15.7 Å². The first kappa shape index (κ1) is 18.9. The van der Waals surface area contributed by atoms with Crippen LogP contribution in [0, 0.1) is 0 Å². The normalized spacial score (nSPS) is 11.6. The lowest BCUT2D eigenvalue weighted by molar-refractivity contribution is 0.100. The monoisotopic (exact) mass is 337 g/mol. The highest BCUT2D eigenvalue weighted by atomic mass is 32.2. The fourth-order valence-corrected chi connectivity index (χ4v) is 3.03. The number of sulfone groups is 1. The molecule has 0 saturated carbocycles. The summed E-state index contributed by atoms with van der Waals surface area (Å²) in [4.78, 5) is 15.7. The summed E-state index contributed by atoms with van der Waals surface area (Å²) in [6.07, 6.45) is 7.17. The average molecular weight is 337 g/mol. The van der Waals surface area contributed by atoms with E-state index in [2.05, 4.69) is 4.99 Å². The van der Waals surface area contributed by atoms with Crippen LogP contribution in [0.15, 0.2) is 28.1 Å². The van der Waals surface area contributed by atoms with Gasteiger partial charge in [-0.25, -0.2) is 8.42 Å². The average Bonchev–Trinajstić information content (AvgIpc) is 2.44. The topological polar surface area (TPSA) is 116 Å². The number of nitrogens with two attached hydrogens (primary N) is 2. The van der Waals surface area contributed by atoms with E-state index in [1.54, 1.807) is 12.1 Å². The van der Waals surface area contributed by atoms with Gasteiger partial charge < -0.3 is 11.5 Å². The zero-order valence-corrected chi connectivity index (χ0v) is 14.5. The number of guanidine groups is 1. The second-order valence-electron chi connectivity index (χ2n) is 5.21. The Morgan fingerprint density at radius 2 is 1.91 bits per heavy atom. The number of benzene rings is 1. The molecule has 1 aromatic rings. The van der Waals surface area contributed by atoms with Gasteiger partial charge >= 0.3 is 0 Å². The smallest absolute Gasteiger partial charge is 0.280 e. The van der Waals surface area contributed by atoms with Crippen LogP contribution in [0.2, 0.25) is 0 Å². The van der Waals surface area contributed by atoms with Crippen molar-refractivity contribution < 1.29 is 13.2 Å². The summed E-state index contributed by atoms with van der Waals surface area (Å²) in [6.45, 7) is 3.91. The third-order valence-corrected chi connectivity index (χ3v) is 4.38. The third-order valence-electron chi connectivity index (χ3n) is 3.23. The first-order valence-corrected chi connectivity index (χ1v) is 9.27. The predicted octanol–water partition coefficient (Wildman–Crippen LogP) is 1.88. The van der Waals surface area contributed by atoms with Crippen molar-refractivity contribution >= 4 is 27.8 Å². The molecule has 0 saturated heterocycles. The first-order valence-electron chi connectivity index (χ1n) is 7.38. The summed E-state index contributed by atoms with van der Waals surface area (Å²) in [5.74, 6) is -0.999. The number of hydrogen-bond donors (Lipinski definition) is 2. The van der Waals surface area contributed by atoms with Crippen LogP contribution in [0.1, 0.15) is 48.2 Å². The Bertz CT molecular complexity index is 746. The van der Waals surface area contributed by atoms with Gasteiger partial charge in [0.2, 0.25) is 0 Å². The van der Waals surface area contributed by atoms with E-state index >= 15 is 0 Å². The molecule has 0 atom stereocenters. The van der Waals surface area contributed by atoms with Crippen molar-refractivity contribution in [2.75, 3.05) is 6.26 Å². The minimum Gasteiger partial charge on any atom is -0.370 e. The van der Waals surface area contributed by atoms with Crippen molar-refractivity contribution in [2.24, 2.45) is 16.5 Å². The van der Waals surface area contributed by atoms with Gasteiger partial charge in [-0.3, -0.25) is 4.79 Å². The molecule has 0 heterocycles. The van der Waals surface area contributed by atoms with Crippen molar-refractivity contribution in [1.29, 1.82) is 0 Å². The first-order chi connectivity index (χ1) is 10.7. The van der Waals surface area contributed by atoms with Crippen molar-refractivity contribution in [1.82, 2.24) is 0 Å². The fourth-order valence-electron chi connectivity index (χ4n) is 2.14. The Morgan fingerprint density at radius 3 is 2.39 bits per heavy atom. The van der Waals surface area contributed by atoms with Crippen molar-refractivity contribution in [3.05, 3.63) is 34.9 Å². The summed E-state index contributed by atoms with van der Waals surface area (Å²) in [6, 6.07) is 3.06. The molecule has 23 heavy (non-hydrogen) atoms. The Hall–Kier alpha value is -2.15.